The van der Waals surface area contributed by atoms with Gasteiger partial charge in [-0.25, -0.2) is 12.7 Å². The van der Waals surface area contributed by atoms with Gasteiger partial charge in [0.1, 0.15) is 17.5 Å². The fourth-order valence-electron chi connectivity index (χ4n) is 3.42. The Balaban J connectivity index is 1.85. The molecule has 0 aliphatic carbocycles. The molecule has 2 aromatic carbocycles. The summed E-state index contributed by atoms with van der Waals surface area (Å²) in [5.41, 5.74) is 0.820. The van der Waals surface area contributed by atoms with Crippen LogP contribution in [0.5, 0.6) is 0 Å². The second-order valence-electron chi connectivity index (χ2n) is 8.14. The highest BCUT2D eigenvalue weighted by Crippen LogP contribution is 2.30. The van der Waals surface area contributed by atoms with E-state index >= 15 is 0 Å². The summed E-state index contributed by atoms with van der Waals surface area (Å²) in [6, 6.07) is 14.1. The van der Waals surface area contributed by atoms with Crippen molar-refractivity contribution in [3.05, 3.63) is 65.7 Å². The molecule has 1 N–H and O–H groups in total. The van der Waals surface area contributed by atoms with Crippen LogP contribution in [0.4, 0.5) is 0 Å². The molecule has 1 heterocycles. The Labute approximate surface area is 188 Å². The molecular weight excluding hydrogens is 430 g/mol. The molecule has 1 aliphatic heterocycles. The molecule has 0 radical (unpaired) electrons. The van der Waals surface area contributed by atoms with Crippen molar-refractivity contribution in [1.82, 2.24) is 14.5 Å². The van der Waals surface area contributed by atoms with Gasteiger partial charge in [0.25, 0.3) is 15.9 Å². The van der Waals surface area contributed by atoms with Crippen molar-refractivity contribution in [2.75, 3.05) is 13.1 Å². The highest BCUT2D eigenvalue weighted by atomic mass is 32.2. The van der Waals surface area contributed by atoms with E-state index in [1.165, 1.54) is 23.1 Å². The number of benzene rings is 2. The van der Waals surface area contributed by atoms with Gasteiger partial charge in [-0.2, -0.15) is 0 Å². The molecule has 0 aromatic heterocycles. The minimum Gasteiger partial charge on any atom is -0.354 e. The smallest absolute Gasteiger partial charge is 0.269 e. The van der Waals surface area contributed by atoms with Gasteiger partial charge in [-0.15, -0.1) is 0 Å². The van der Waals surface area contributed by atoms with E-state index in [1.807, 2.05) is 44.2 Å². The lowest BCUT2D eigenvalue weighted by molar-refractivity contribution is -0.140. The molecular formula is C23H27N3O5S. The highest BCUT2D eigenvalue weighted by molar-refractivity contribution is 7.90. The number of sulfonamides is 1. The maximum absolute atomic E-state index is 13.3. The van der Waals surface area contributed by atoms with Crippen LogP contribution in [0.2, 0.25) is 0 Å². The summed E-state index contributed by atoms with van der Waals surface area (Å²) in [5.74, 6) is -1.49. The van der Waals surface area contributed by atoms with Gasteiger partial charge in [0, 0.05) is 13.1 Å². The number of rotatable bonds is 8. The van der Waals surface area contributed by atoms with Gasteiger partial charge in [0.15, 0.2) is 0 Å². The Hall–Kier alpha value is -3.20. The van der Waals surface area contributed by atoms with Crippen LogP contribution >= 0.6 is 0 Å². The van der Waals surface area contributed by atoms with Gasteiger partial charge in [0.2, 0.25) is 11.8 Å². The molecule has 0 saturated carbocycles. The summed E-state index contributed by atoms with van der Waals surface area (Å²) in [6.45, 7) is 5.38. The van der Waals surface area contributed by atoms with E-state index in [1.54, 1.807) is 13.0 Å². The molecule has 2 aromatic rings. The summed E-state index contributed by atoms with van der Waals surface area (Å²) in [4.78, 5) is 39.8. The Morgan fingerprint density at radius 2 is 1.62 bits per heavy atom. The monoisotopic (exact) mass is 457 g/mol. The van der Waals surface area contributed by atoms with Gasteiger partial charge in [-0.3, -0.25) is 14.4 Å². The van der Waals surface area contributed by atoms with Gasteiger partial charge >= 0.3 is 0 Å². The lowest BCUT2D eigenvalue weighted by Gasteiger charge is -2.30. The van der Waals surface area contributed by atoms with Crippen molar-refractivity contribution in [2.45, 2.75) is 38.3 Å². The minimum atomic E-state index is -4.13. The molecule has 0 bridgehead atoms. The molecule has 170 valence electrons. The summed E-state index contributed by atoms with van der Waals surface area (Å²) in [5, 5.41) is 2.80. The second-order valence-corrected chi connectivity index (χ2v) is 9.97. The Kier molecular flexibility index (Phi) is 6.98. The Bertz CT molecular complexity index is 1120. The first-order valence-corrected chi connectivity index (χ1v) is 11.8. The van der Waals surface area contributed by atoms with E-state index in [9.17, 15) is 22.8 Å². The molecule has 1 atom stereocenters. The maximum Gasteiger partial charge on any atom is 0.269 e. The number of nitrogens with zero attached hydrogens (tertiary/aromatic N) is 2. The Morgan fingerprint density at radius 1 is 1.00 bits per heavy atom. The topological polar surface area (TPSA) is 104 Å². The predicted octanol–water partition coefficient (Wildman–Crippen LogP) is 2.02. The van der Waals surface area contributed by atoms with Crippen LogP contribution in [0.25, 0.3) is 0 Å². The lowest BCUT2D eigenvalue weighted by Crippen LogP contribution is -2.51. The number of hydrogen-bond donors (Lipinski definition) is 1. The van der Waals surface area contributed by atoms with E-state index in [0.29, 0.717) is 10.8 Å². The van der Waals surface area contributed by atoms with Gasteiger partial charge in [0.05, 0.1) is 5.56 Å². The van der Waals surface area contributed by atoms with E-state index in [4.69, 9.17) is 0 Å². The van der Waals surface area contributed by atoms with Crippen LogP contribution in [-0.4, -0.2) is 54.5 Å². The molecule has 0 fully saturated rings. The van der Waals surface area contributed by atoms with E-state index in [-0.39, 0.29) is 28.8 Å². The third kappa shape index (κ3) is 4.83. The van der Waals surface area contributed by atoms with Crippen molar-refractivity contribution >= 4 is 27.7 Å². The van der Waals surface area contributed by atoms with Gasteiger partial charge < -0.3 is 10.2 Å². The van der Waals surface area contributed by atoms with Crippen molar-refractivity contribution in [2.24, 2.45) is 5.92 Å². The van der Waals surface area contributed by atoms with Gasteiger partial charge in [-0.05, 0) is 30.5 Å². The van der Waals surface area contributed by atoms with Crippen molar-refractivity contribution < 1.29 is 22.8 Å². The summed E-state index contributed by atoms with van der Waals surface area (Å²) < 4.78 is 26.3. The molecule has 0 spiro atoms. The van der Waals surface area contributed by atoms with Crippen molar-refractivity contribution in [1.29, 1.82) is 0 Å². The summed E-state index contributed by atoms with van der Waals surface area (Å²) in [7, 11) is -4.13. The zero-order valence-corrected chi connectivity index (χ0v) is 19.1. The summed E-state index contributed by atoms with van der Waals surface area (Å²) >= 11 is 0. The molecule has 9 heteroatoms. The number of carbonyl (C=O) groups is 3. The van der Waals surface area contributed by atoms with Crippen LogP contribution in [0, 0.1) is 5.92 Å². The van der Waals surface area contributed by atoms with Crippen LogP contribution in [0.1, 0.15) is 36.7 Å². The van der Waals surface area contributed by atoms with E-state index < -0.39 is 34.4 Å². The highest BCUT2D eigenvalue weighted by Gasteiger charge is 2.43. The molecule has 3 amide bonds. The quantitative estimate of drug-likeness (QED) is 0.653. The zero-order valence-electron chi connectivity index (χ0n) is 18.3. The Morgan fingerprint density at radius 3 is 2.25 bits per heavy atom. The normalized spacial score (nSPS) is 15.4. The fraction of sp³-hybridized carbons (Fsp3) is 0.348. The third-order valence-electron chi connectivity index (χ3n) is 5.24. The minimum absolute atomic E-state index is 0.0395. The number of nitrogens with one attached hydrogen (secondary N) is 1. The first-order valence-electron chi connectivity index (χ1n) is 10.4. The molecule has 1 unspecified atom stereocenters. The van der Waals surface area contributed by atoms with E-state index in [2.05, 4.69) is 5.32 Å². The summed E-state index contributed by atoms with van der Waals surface area (Å²) in [6.07, 6.45) is 0. The zero-order chi connectivity index (χ0) is 23.5. The number of amides is 3. The fourth-order valence-corrected chi connectivity index (χ4v) is 4.93. The first kappa shape index (κ1) is 23.5. The van der Waals surface area contributed by atoms with Crippen LogP contribution in [0.15, 0.2) is 59.5 Å². The predicted molar refractivity (Wildman–Crippen MR) is 119 cm³/mol. The average Bonchev–Trinajstić information content (AvgIpc) is 2.96. The maximum atomic E-state index is 13.3. The van der Waals surface area contributed by atoms with Crippen molar-refractivity contribution in [3.8, 4) is 0 Å². The number of hydrogen-bond acceptors (Lipinski definition) is 5. The van der Waals surface area contributed by atoms with Gasteiger partial charge in [-0.1, -0.05) is 56.3 Å². The third-order valence-corrected chi connectivity index (χ3v) is 7.03. The standard InChI is InChI=1S/C23H27N3O5S/c1-16(2)13-24-22(28)17(3)25(14-18-9-5-4-6-10-18)21(27)15-26-23(29)19-11-7-8-12-20(19)32(26,30)31/h4-12,16-17H,13-15H2,1-3H3,(H,24,28). The molecule has 1 aliphatic rings. The van der Waals surface area contributed by atoms with Crippen LogP contribution in [-0.2, 0) is 26.2 Å². The van der Waals surface area contributed by atoms with Crippen LogP contribution < -0.4 is 5.32 Å². The van der Waals surface area contributed by atoms with Crippen molar-refractivity contribution in [3.63, 3.8) is 0 Å². The van der Waals surface area contributed by atoms with E-state index in [0.717, 1.165) is 5.56 Å². The number of fused-ring (bicyclic) bond motifs is 1. The molecule has 0 saturated heterocycles. The lowest BCUT2D eigenvalue weighted by atomic mass is 10.1. The molecule has 8 nitrogen and oxygen atoms in total. The largest absolute Gasteiger partial charge is 0.354 e. The SMILES string of the molecule is CC(C)CNC(=O)C(C)N(Cc1ccccc1)C(=O)CN1C(=O)c2ccccc2S1(=O)=O. The molecule has 3 rings (SSSR count). The van der Waals surface area contributed by atoms with Crippen LogP contribution in [0.3, 0.4) is 0 Å². The number of carbonyl (C=O) groups excluding carboxylic acids is 3. The second kappa shape index (κ2) is 9.52. The first-order chi connectivity index (χ1) is 15.1. The molecule has 32 heavy (non-hydrogen) atoms. The average molecular weight is 458 g/mol.